The minimum absolute atomic E-state index is 0.347. The Labute approximate surface area is 226 Å². The summed E-state index contributed by atoms with van der Waals surface area (Å²) in [5.74, 6) is 0.569. The highest BCUT2D eigenvalue weighted by Gasteiger charge is 2.23. The van der Waals surface area contributed by atoms with Crippen molar-refractivity contribution in [2.75, 3.05) is 52.1 Å². The van der Waals surface area contributed by atoms with Crippen molar-refractivity contribution in [1.82, 2.24) is 9.80 Å². The first-order valence-corrected chi connectivity index (χ1v) is 14.4. The van der Waals surface area contributed by atoms with Gasteiger partial charge in [0.15, 0.2) is 0 Å². The fraction of sp³-hybridized carbons (Fsp3) is 0.400. The van der Waals surface area contributed by atoms with Crippen LogP contribution in [-0.4, -0.2) is 77.4 Å². The SMILES string of the molecule is COc1ccc(CC(O)CN2CCCN(CCS(=O)C(c3ccc(F)cc3)c3ccc(F)cc3)CC2)cc1. The normalized spacial score (nSPS) is 16.8. The number of hydrogen-bond donors (Lipinski definition) is 1. The van der Waals surface area contributed by atoms with Gasteiger partial charge in [-0.25, -0.2) is 8.78 Å². The first kappa shape index (κ1) is 28.4. The predicted octanol–water partition coefficient (Wildman–Crippen LogP) is 4.42. The molecule has 0 bridgehead atoms. The fourth-order valence-electron chi connectivity index (χ4n) is 4.93. The zero-order chi connectivity index (χ0) is 26.9. The van der Waals surface area contributed by atoms with Crippen LogP contribution in [-0.2, 0) is 17.2 Å². The number of benzene rings is 3. The molecule has 0 saturated carbocycles. The molecule has 2 unspecified atom stereocenters. The molecule has 0 aromatic heterocycles. The quantitative estimate of drug-likeness (QED) is 0.389. The third-order valence-electron chi connectivity index (χ3n) is 7.00. The summed E-state index contributed by atoms with van der Waals surface area (Å²) < 4.78 is 45.8. The molecule has 8 heteroatoms. The van der Waals surface area contributed by atoms with Gasteiger partial charge in [0, 0.05) is 42.7 Å². The third-order valence-corrected chi connectivity index (χ3v) is 8.65. The van der Waals surface area contributed by atoms with E-state index in [4.69, 9.17) is 4.74 Å². The van der Waals surface area contributed by atoms with Crippen molar-refractivity contribution in [1.29, 1.82) is 0 Å². The van der Waals surface area contributed by atoms with Gasteiger partial charge >= 0.3 is 0 Å². The molecule has 0 radical (unpaired) electrons. The van der Waals surface area contributed by atoms with Gasteiger partial charge < -0.3 is 14.7 Å². The number of halogens is 2. The molecule has 38 heavy (non-hydrogen) atoms. The highest BCUT2D eigenvalue weighted by atomic mass is 32.2. The summed E-state index contributed by atoms with van der Waals surface area (Å²) in [4.78, 5) is 4.62. The minimum Gasteiger partial charge on any atom is -0.497 e. The molecule has 1 aliphatic rings. The van der Waals surface area contributed by atoms with Crippen molar-refractivity contribution in [2.24, 2.45) is 0 Å². The van der Waals surface area contributed by atoms with Crippen molar-refractivity contribution < 1.29 is 22.8 Å². The van der Waals surface area contributed by atoms with E-state index in [1.165, 1.54) is 24.3 Å². The lowest BCUT2D eigenvalue weighted by Crippen LogP contribution is -2.37. The predicted molar refractivity (Wildman–Crippen MR) is 148 cm³/mol. The van der Waals surface area contributed by atoms with Crippen LogP contribution in [0.2, 0.25) is 0 Å². The summed E-state index contributed by atoms with van der Waals surface area (Å²) in [6.07, 6.45) is 1.12. The standard InChI is InChI=1S/C30H36F2N2O3S/c1-37-29-13-3-23(4-14-29)21-28(35)22-34-16-2-15-33(17-18-34)19-20-38(36)30(24-5-9-26(31)10-6-24)25-7-11-27(32)12-8-25/h3-14,28,30,35H,2,15-22H2,1H3. The third kappa shape index (κ3) is 8.17. The van der Waals surface area contributed by atoms with Crippen LogP contribution < -0.4 is 4.74 Å². The molecule has 204 valence electrons. The van der Waals surface area contributed by atoms with Gasteiger partial charge in [-0.15, -0.1) is 0 Å². The van der Waals surface area contributed by atoms with Crippen LogP contribution in [0.1, 0.15) is 28.4 Å². The van der Waals surface area contributed by atoms with Crippen LogP contribution in [0, 0.1) is 11.6 Å². The van der Waals surface area contributed by atoms with E-state index in [9.17, 15) is 18.1 Å². The molecule has 0 aliphatic carbocycles. The molecule has 3 aromatic rings. The summed E-state index contributed by atoms with van der Waals surface area (Å²) >= 11 is 0. The van der Waals surface area contributed by atoms with Crippen LogP contribution in [0.4, 0.5) is 8.78 Å². The van der Waals surface area contributed by atoms with Crippen molar-refractivity contribution in [2.45, 2.75) is 24.2 Å². The van der Waals surface area contributed by atoms with E-state index in [2.05, 4.69) is 9.80 Å². The summed E-state index contributed by atoms with van der Waals surface area (Å²) in [7, 11) is 0.366. The van der Waals surface area contributed by atoms with Crippen molar-refractivity contribution in [3.8, 4) is 5.75 Å². The van der Waals surface area contributed by atoms with Gasteiger partial charge in [0.2, 0.25) is 0 Å². The van der Waals surface area contributed by atoms with Gasteiger partial charge in [0.05, 0.1) is 18.5 Å². The van der Waals surface area contributed by atoms with Crippen LogP contribution in [0.5, 0.6) is 5.75 Å². The van der Waals surface area contributed by atoms with E-state index in [0.717, 1.165) is 55.0 Å². The molecule has 1 heterocycles. The second-order valence-electron chi connectivity index (χ2n) is 9.77. The second kappa shape index (κ2) is 13.9. The second-order valence-corrected chi connectivity index (χ2v) is 11.4. The van der Waals surface area contributed by atoms with Gasteiger partial charge in [-0.1, -0.05) is 36.4 Å². The van der Waals surface area contributed by atoms with Crippen LogP contribution >= 0.6 is 0 Å². The Bertz CT molecular complexity index is 1110. The van der Waals surface area contributed by atoms with Gasteiger partial charge in [-0.2, -0.15) is 0 Å². The molecule has 3 aromatic carbocycles. The Hall–Kier alpha value is -2.65. The van der Waals surface area contributed by atoms with Crippen LogP contribution in [0.25, 0.3) is 0 Å². The van der Waals surface area contributed by atoms with Gasteiger partial charge in [-0.3, -0.25) is 9.11 Å². The average Bonchev–Trinajstić information content (AvgIpc) is 3.15. The highest BCUT2D eigenvalue weighted by Crippen LogP contribution is 2.29. The number of aliphatic hydroxyl groups is 1. The minimum atomic E-state index is -1.27. The average molecular weight is 543 g/mol. The molecule has 2 atom stereocenters. The smallest absolute Gasteiger partial charge is 0.123 e. The maximum atomic E-state index is 13.5. The van der Waals surface area contributed by atoms with E-state index < -0.39 is 22.2 Å². The van der Waals surface area contributed by atoms with Crippen molar-refractivity contribution in [3.05, 3.63) is 101 Å². The van der Waals surface area contributed by atoms with Gasteiger partial charge in [0.25, 0.3) is 0 Å². The fourth-order valence-corrected chi connectivity index (χ4v) is 6.53. The van der Waals surface area contributed by atoms with Crippen molar-refractivity contribution in [3.63, 3.8) is 0 Å². The molecule has 0 amide bonds. The molecule has 1 fully saturated rings. The molecule has 1 aliphatic heterocycles. The first-order valence-electron chi connectivity index (χ1n) is 13.0. The number of aliphatic hydroxyl groups excluding tert-OH is 1. The number of nitrogens with zero attached hydrogens (tertiary/aromatic N) is 2. The Morgan fingerprint density at radius 2 is 1.39 bits per heavy atom. The molecular formula is C30H36F2N2O3S. The lowest BCUT2D eigenvalue weighted by molar-refractivity contribution is 0.114. The van der Waals surface area contributed by atoms with E-state index in [1.807, 2.05) is 24.3 Å². The molecule has 0 spiro atoms. The van der Waals surface area contributed by atoms with Crippen LogP contribution in [0.15, 0.2) is 72.8 Å². The molecular weight excluding hydrogens is 506 g/mol. The van der Waals surface area contributed by atoms with Gasteiger partial charge in [0.1, 0.15) is 17.4 Å². The number of rotatable bonds is 11. The van der Waals surface area contributed by atoms with Crippen LogP contribution in [0.3, 0.4) is 0 Å². The van der Waals surface area contributed by atoms with Gasteiger partial charge in [-0.05, 0) is 79.0 Å². The molecule has 1 N–H and O–H groups in total. The maximum absolute atomic E-state index is 13.5. The van der Waals surface area contributed by atoms with E-state index in [-0.39, 0.29) is 11.6 Å². The van der Waals surface area contributed by atoms with Crippen molar-refractivity contribution >= 4 is 10.8 Å². The summed E-state index contributed by atoms with van der Waals surface area (Å²) in [6.45, 7) is 4.78. The Morgan fingerprint density at radius 1 is 0.842 bits per heavy atom. The summed E-state index contributed by atoms with van der Waals surface area (Å²) in [5.41, 5.74) is 2.59. The molecule has 5 nitrogen and oxygen atoms in total. The number of methoxy groups -OCH3 is 1. The van der Waals surface area contributed by atoms with E-state index in [0.29, 0.717) is 25.3 Å². The number of β-amino-alcohol motifs (C(OH)–C–C–N with tert-alkyl or cyclic N) is 1. The summed E-state index contributed by atoms with van der Waals surface area (Å²) in [5, 5.41) is 10.2. The lowest BCUT2D eigenvalue weighted by Gasteiger charge is -2.24. The number of ether oxygens (including phenoxy) is 1. The molecule has 4 rings (SSSR count). The first-order chi connectivity index (χ1) is 18.4. The zero-order valence-corrected chi connectivity index (χ0v) is 22.6. The monoisotopic (exact) mass is 542 g/mol. The van der Waals surface area contributed by atoms with E-state index in [1.54, 1.807) is 31.4 Å². The Morgan fingerprint density at radius 3 is 1.97 bits per heavy atom. The lowest BCUT2D eigenvalue weighted by atomic mass is 10.0. The Kier molecular flexibility index (Phi) is 10.4. The topological polar surface area (TPSA) is 53.0 Å². The largest absolute Gasteiger partial charge is 0.497 e. The summed E-state index contributed by atoms with van der Waals surface area (Å²) in [6, 6.07) is 19.9. The highest BCUT2D eigenvalue weighted by molar-refractivity contribution is 7.85. The Balaban J connectivity index is 1.30. The maximum Gasteiger partial charge on any atom is 0.123 e. The number of hydrogen-bond acceptors (Lipinski definition) is 5. The zero-order valence-electron chi connectivity index (χ0n) is 21.8. The molecule has 1 saturated heterocycles. The van der Waals surface area contributed by atoms with E-state index >= 15 is 0 Å².